The van der Waals surface area contributed by atoms with Gasteiger partial charge in [0, 0.05) is 29.5 Å². The van der Waals surface area contributed by atoms with E-state index >= 15 is 0 Å². The molecule has 2 rings (SSSR count). The molecule has 0 bridgehead atoms. The lowest BCUT2D eigenvalue weighted by molar-refractivity contribution is -0.384. The Balaban J connectivity index is 2.23. The molecule has 0 amide bonds. The van der Waals surface area contributed by atoms with Gasteiger partial charge in [0.2, 0.25) is 0 Å². The van der Waals surface area contributed by atoms with E-state index < -0.39 is 0 Å². The van der Waals surface area contributed by atoms with Crippen molar-refractivity contribution in [2.75, 3.05) is 18.0 Å². The highest BCUT2D eigenvalue weighted by atomic mass is 79.9. The molecule has 1 aromatic carbocycles. The zero-order valence-electron chi connectivity index (χ0n) is 9.71. The Hall–Kier alpha value is -1.43. The number of aldehydes is 1. The van der Waals surface area contributed by atoms with Crippen LogP contribution in [0.5, 0.6) is 0 Å². The van der Waals surface area contributed by atoms with Crippen LogP contribution >= 0.6 is 15.9 Å². The molecule has 0 radical (unpaired) electrons. The predicted octanol–water partition coefficient (Wildman–Crippen LogP) is 2.77. The zero-order chi connectivity index (χ0) is 13.1. The summed E-state index contributed by atoms with van der Waals surface area (Å²) < 4.78 is 0.695. The van der Waals surface area contributed by atoms with Gasteiger partial charge in [-0.25, -0.2) is 0 Å². The fraction of sp³-hybridized carbons (Fsp3) is 0.417. The van der Waals surface area contributed by atoms with E-state index in [2.05, 4.69) is 15.9 Å². The van der Waals surface area contributed by atoms with Gasteiger partial charge in [-0.05, 0) is 25.0 Å². The molecule has 1 aliphatic heterocycles. The first-order valence-corrected chi connectivity index (χ1v) is 6.55. The highest BCUT2D eigenvalue weighted by molar-refractivity contribution is 9.10. The van der Waals surface area contributed by atoms with Gasteiger partial charge >= 0.3 is 0 Å². The third kappa shape index (κ3) is 2.69. The summed E-state index contributed by atoms with van der Waals surface area (Å²) in [6.45, 7) is 1.37. The second-order valence-corrected chi connectivity index (χ2v) is 5.27. The van der Waals surface area contributed by atoms with Crippen LogP contribution in [0.25, 0.3) is 0 Å². The first-order chi connectivity index (χ1) is 8.61. The minimum atomic E-state index is -0.369. The zero-order valence-corrected chi connectivity index (χ0v) is 11.3. The molecule has 0 aliphatic carbocycles. The number of hydrogen-bond donors (Lipinski definition) is 0. The summed E-state index contributed by atoms with van der Waals surface area (Å²) >= 11 is 3.24. The number of rotatable bonds is 3. The molecular formula is C12H13BrN2O3. The highest BCUT2D eigenvalue weighted by Crippen LogP contribution is 2.33. The maximum atomic E-state index is 11.0. The molecule has 5 nitrogen and oxygen atoms in total. The van der Waals surface area contributed by atoms with Gasteiger partial charge in [0.1, 0.15) is 12.0 Å². The van der Waals surface area contributed by atoms with E-state index in [0.29, 0.717) is 23.2 Å². The van der Waals surface area contributed by atoms with E-state index in [4.69, 9.17) is 0 Å². The van der Waals surface area contributed by atoms with Crippen molar-refractivity contribution in [3.63, 3.8) is 0 Å². The predicted molar refractivity (Wildman–Crippen MR) is 71.8 cm³/mol. The summed E-state index contributed by atoms with van der Waals surface area (Å²) in [6, 6.07) is 5.07. The number of piperidine rings is 1. The van der Waals surface area contributed by atoms with E-state index in [-0.39, 0.29) is 16.5 Å². The molecule has 0 atom stereocenters. The van der Waals surface area contributed by atoms with Gasteiger partial charge in [-0.3, -0.25) is 10.1 Å². The lowest BCUT2D eigenvalue weighted by Crippen LogP contribution is -2.34. The number of carbonyl (C=O) groups excluding carboxylic acids is 1. The van der Waals surface area contributed by atoms with Crippen molar-refractivity contribution in [1.29, 1.82) is 0 Å². The summed E-state index contributed by atoms with van der Waals surface area (Å²) in [5, 5.41) is 11.0. The average Bonchev–Trinajstić information content (AvgIpc) is 2.39. The van der Waals surface area contributed by atoms with Crippen LogP contribution in [-0.2, 0) is 4.79 Å². The molecule has 96 valence electrons. The van der Waals surface area contributed by atoms with Crippen LogP contribution in [0.1, 0.15) is 12.8 Å². The van der Waals surface area contributed by atoms with Gasteiger partial charge in [-0.15, -0.1) is 0 Å². The summed E-state index contributed by atoms with van der Waals surface area (Å²) in [6.07, 6.45) is 2.50. The third-order valence-corrected chi connectivity index (χ3v) is 3.70. The van der Waals surface area contributed by atoms with Crippen molar-refractivity contribution in [2.24, 2.45) is 5.92 Å². The first-order valence-electron chi connectivity index (χ1n) is 5.76. The lowest BCUT2D eigenvalue weighted by atomic mass is 9.98. The number of nitro benzene ring substituents is 1. The molecular weight excluding hydrogens is 300 g/mol. The van der Waals surface area contributed by atoms with E-state index in [1.54, 1.807) is 12.1 Å². The Labute approximate surface area is 113 Å². The molecule has 0 spiro atoms. The topological polar surface area (TPSA) is 63.5 Å². The number of nitrogens with zero attached hydrogens (tertiary/aromatic N) is 2. The summed E-state index contributed by atoms with van der Waals surface area (Å²) in [4.78, 5) is 23.3. The maximum Gasteiger partial charge on any atom is 0.293 e. The summed E-state index contributed by atoms with van der Waals surface area (Å²) in [5.74, 6) is 0.0933. The minimum Gasteiger partial charge on any atom is -0.366 e. The monoisotopic (exact) mass is 312 g/mol. The molecule has 6 heteroatoms. The van der Waals surface area contributed by atoms with Crippen LogP contribution in [0.15, 0.2) is 22.7 Å². The molecule has 1 aromatic rings. The SMILES string of the molecule is O=CC1CCN(c2ccc(Br)cc2[N+](=O)[O-])CC1. The average molecular weight is 313 g/mol. The van der Waals surface area contributed by atoms with Gasteiger partial charge in [-0.2, -0.15) is 0 Å². The van der Waals surface area contributed by atoms with Crippen molar-refractivity contribution >= 4 is 33.6 Å². The van der Waals surface area contributed by atoms with E-state index in [9.17, 15) is 14.9 Å². The Morgan fingerprint density at radius 1 is 1.39 bits per heavy atom. The molecule has 0 aromatic heterocycles. The Morgan fingerprint density at radius 2 is 2.06 bits per heavy atom. The summed E-state index contributed by atoms with van der Waals surface area (Å²) in [7, 11) is 0. The standard InChI is InChI=1S/C12H13BrN2O3/c13-10-1-2-11(12(7-10)15(17)18)14-5-3-9(8-16)4-6-14/h1-2,7-9H,3-6H2. The maximum absolute atomic E-state index is 11.0. The van der Waals surface area contributed by atoms with E-state index in [1.165, 1.54) is 6.07 Å². The Bertz CT molecular complexity index is 470. The fourth-order valence-corrected chi connectivity index (χ4v) is 2.54. The number of halogens is 1. The quantitative estimate of drug-likeness (QED) is 0.489. The van der Waals surface area contributed by atoms with Crippen molar-refractivity contribution in [2.45, 2.75) is 12.8 Å². The van der Waals surface area contributed by atoms with Crippen LogP contribution in [0, 0.1) is 16.0 Å². The molecule has 1 aliphatic rings. The number of benzene rings is 1. The van der Waals surface area contributed by atoms with Crippen LogP contribution in [0.3, 0.4) is 0 Å². The molecule has 1 heterocycles. The van der Waals surface area contributed by atoms with Crippen LogP contribution in [0.2, 0.25) is 0 Å². The smallest absolute Gasteiger partial charge is 0.293 e. The van der Waals surface area contributed by atoms with Crippen molar-refractivity contribution in [3.8, 4) is 0 Å². The highest BCUT2D eigenvalue weighted by Gasteiger charge is 2.24. The Morgan fingerprint density at radius 3 is 2.61 bits per heavy atom. The van der Waals surface area contributed by atoms with Crippen molar-refractivity contribution in [1.82, 2.24) is 0 Å². The number of anilines is 1. The third-order valence-electron chi connectivity index (χ3n) is 3.21. The molecule has 0 unspecified atom stereocenters. The van der Waals surface area contributed by atoms with Gasteiger partial charge in [-0.1, -0.05) is 15.9 Å². The van der Waals surface area contributed by atoms with Crippen molar-refractivity contribution < 1.29 is 9.72 Å². The molecule has 1 saturated heterocycles. The normalized spacial score (nSPS) is 16.6. The molecule has 0 N–H and O–H groups in total. The second-order valence-electron chi connectivity index (χ2n) is 4.35. The van der Waals surface area contributed by atoms with Gasteiger partial charge < -0.3 is 9.69 Å². The molecule has 1 fully saturated rings. The number of hydrogen-bond acceptors (Lipinski definition) is 4. The van der Waals surface area contributed by atoms with E-state index in [0.717, 1.165) is 19.1 Å². The summed E-state index contributed by atoms with van der Waals surface area (Å²) in [5.41, 5.74) is 0.737. The first kappa shape index (κ1) is 13.0. The number of nitro groups is 1. The van der Waals surface area contributed by atoms with Gasteiger partial charge in [0.05, 0.1) is 4.92 Å². The lowest BCUT2D eigenvalue weighted by Gasteiger charge is -2.31. The molecule has 0 saturated carbocycles. The number of carbonyl (C=O) groups is 1. The van der Waals surface area contributed by atoms with Crippen LogP contribution in [0.4, 0.5) is 11.4 Å². The van der Waals surface area contributed by atoms with Crippen LogP contribution < -0.4 is 4.90 Å². The van der Waals surface area contributed by atoms with Gasteiger partial charge in [0.15, 0.2) is 0 Å². The minimum absolute atomic E-state index is 0.0933. The van der Waals surface area contributed by atoms with Gasteiger partial charge in [0.25, 0.3) is 5.69 Å². The van der Waals surface area contributed by atoms with E-state index in [1.807, 2.05) is 4.90 Å². The fourth-order valence-electron chi connectivity index (χ4n) is 2.19. The Kier molecular flexibility index (Phi) is 3.96. The largest absolute Gasteiger partial charge is 0.366 e. The van der Waals surface area contributed by atoms with Crippen LogP contribution in [-0.4, -0.2) is 24.3 Å². The van der Waals surface area contributed by atoms with Crippen molar-refractivity contribution in [3.05, 3.63) is 32.8 Å². The second kappa shape index (κ2) is 5.48. The molecule has 18 heavy (non-hydrogen) atoms.